The molecule has 0 unspecified atom stereocenters. The van der Waals surface area contributed by atoms with Gasteiger partial charge in [0.1, 0.15) is 12.1 Å². The van der Waals surface area contributed by atoms with Crippen LogP contribution in [0.2, 0.25) is 0 Å². The molecule has 1 saturated heterocycles. The summed E-state index contributed by atoms with van der Waals surface area (Å²) in [4.78, 5) is 0. The zero-order chi connectivity index (χ0) is 20.6. The Bertz CT molecular complexity index is 1080. The Morgan fingerprint density at radius 1 is 0.867 bits per heavy atom. The molecule has 1 heterocycles. The van der Waals surface area contributed by atoms with Crippen molar-refractivity contribution < 1.29 is 9.59 Å². The molecule has 0 amide bonds. The summed E-state index contributed by atoms with van der Waals surface area (Å²) in [6, 6.07) is 27.2. The number of nitrogens with zero attached hydrogens (tertiary/aromatic N) is 1. The van der Waals surface area contributed by atoms with Crippen molar-refractivity contribution in [2.24, 2.45) is 0 Å². The Labute approximate surface area is 179 Å². The molecule has 2 atom stereocenters. The highest BCUT2D eigenvalue weighted by molar-refractivity contribution is 5.80. The van der Waals surface area contributed by atoms with E-state index >= 15 is 0 Å². The molecule has 0 aromatic heterocycles. The number of quaternary nitrogens is 1. The molecule has 3 aromatic carbocycles. The van der Waals surface area contributed by atoms with E-state index < -0.39 is 5.60 Å². The van der Waals surface area contributed by atoms with Gasteiger partial charge in [0.15, 0.2) is 0 Å². The van der Waals surface area contributed by atoms with Gasteiger partial charge in [0.05, 0.1) is 20.1 Å². The number of aliphatic hydroxyl groups is 1. The van der Waals surface area contributed by atoms with E-state index in [0.717, 1.165) is 46.4 Å². The van der Waals surface area contributed by atoms with Crippen molar-refractivity contribution in [1.29, 1.82) is 0 Å². The molecular formula is C28H28NO+. The molecule has 0 saturated carbocycles. The standard InChI is InChI=1S/C28H28NO/c1-29(20-17-23(21-29)22-11-3-2-4-12-22)19-10-9-18-28(30)26-15-7-5-13-24(26)25-14-6-8-16-27(25)28/h2-8,11-16,23,30H,17-21H2,1H3/q+1/t23-,29+/m1/s1. The minimum atomic E-state index is -1.02. The summed E-state index contributed by atoms with van der Waals surface area (Å²) in [7, 11) is 2.31. The van der Waals surface area contributed by atoms with E-state index in [1.54, 1.807) is 0 Å². The van der Waals surface area contributed by atoms with Gasteiger partial charge in [-0.25, -0.2) is 0 Å². The SMILES string of the molecule is C[N@+]1(CC#CCC2(O)c3ccccc3-c3ccccc32)CC[C@@H](c2ccccc2)C1. The molecule has 5 rings (SSSR count). The Kier molecular flexibility index (Phi) is 4.74. The first-order valence-electron chi connectivity index (χ1n) is 10.9. The summed E-state index contributed by atoms with van der Waals surface area (Å²) in [5.74, 6) is 7.38. The Balaban J connectivity index is 1.32. The first kappa shape index (κ1) is 19.1. The second-order valence-electron chi connectivity index (χ2n) is 9.06. The number of rotatable bonds is 3. The number of likely N-dealkylation sites (tertiary alicyclic amines) is 1. The van der Waals surface area contributed by atoms with Gasteiger partial charge >= 0.3 is 0 Å². The second-order valence-corrected chi connectivity index (χ2v) is 9.06. The van der Waals surface area contributed by atoms with Gasteiger partial charge in [-0.1, -0.05) is 84.8 Å². The molecule has 0 bridgehead atoms. The largest absolute Gasteiger partial charge is 0.379 e. The maximum atomic E-state index is 11.6. The molecule has 3 aromatic rings. The van der Waals surface area contributed by atoms with Crippen LogP contribution in [0.4, 0.5) is 0 Å². The van der Waals surface area contributed by atoms with Crippen molar-refractivity contribution in [2.45, 2.75) is 24.4 Å². The highest BCUT2D eigenvalue weighted by Crippen LogP contribution is 2.48. The maximum Gasteiger partial charge on any atom is 0.140 e. The first-order valence-corrected chi connectivity index (χ1v) is 10.9. The third-order valence-electron chi connectivity index (χ3n) is 6.91. The van der Waals surface area contributed by atoms with Gasteiger partial charge in [-0.3, -0.25) is 0 Å². The molecule has 1 fully saturated rings. The van der Waals surface area contributed by atoms with Gasteiger partial charge in [0, 0.05) is 18.8 Å². The molecule has 2 heteroatoms. The Hall–Kier alpha value is -2.86. The molecule has 1 N–H and O–H groups in total. The van der Waals surface area contributed by atoms with Crippen LogP contribution >= 0.6 is 0 Å². The molecule has 1 aliphatic carbocycles. The lowest BCUT2D eigenvalue weighted by atomic mass is 9.88. The maximum absolute atomic E-state index is 11.6. The second kappa shape index (κ2) is 7.43. The van der Waals surface area contributed by atoms with Gasteiger partial charge in [0.25, 0.3) is 0 Å². The van der Waals surface area contributed by atoms with Crippen molar-refractivity contribution in [3.05, 3.63) is 95.6 Å². The van der Waals surface area contributed by atoms with Crippen molar-refractivity contribution in [2.75, 3.05) is 26.7 Å². The predicted molar refractivity (Wildman–Crippen MR) is 122 cm³/mol. The van der Waals surface area contributed by atoms with Crippen LogP contribution in [0.3, 0.4) is 0 Å². The fourth-order valence-corrected chi connectivity index (χ4v) is 5.25. The average Bonchev–Trinajstić information content (AvgIpc) is 3.30. The lowest BCUT2D eigenvalue weighted by molar-refractivity contribution is -0.891. The normalized spacial score (nSPS) is 23.3. The summed E-state index contributed by atoms with van der Waals surface area (Å²) in [5.41, 5.74) is 4.64. The van der Waals surface area contributed by atoms with Gasteiger partial charge < -0.3 is 9.59 Å². The number of benzene rings is 3. The van der Waals surface area contributed by atoms with Crippen molar-refractivity contribution in [3.63, 3.8) is 0 Å². The van der Waals surface area contributed by atoms with Crippen LogP contribution in [-0.4, -0.2) is 36.3 Å². The number of likely N-dealkylation sites (N-methyl/N-ethyl adjacent to an activating group) is 1. The van der Waals surface area contributed by atoms with Crippen molar-refractivity contribution in [1.82, 2.24) is 0 Å². The average molecular weight is 395 g/mol. The van der Waals surface area contributed by atoms with E-state index in [0.29, 0.717) is 12.3 Å². The van der Waals surface area contributed by atoms with Crippen molar-refractivity contribution >= 4 is 0 Å². The molecule has 2 aliphatic rings. The van der Waals surface area contributed by atoms with E-state index in [2.05, 4.69) is 61.4 Å². The molecule has 150 valence electrons. The molecular weight excluding hydrogens is 366 g/mol. The van der Waals surface area contributed by atoms with Crippen LogP contribution in [0.15, 0.2) is 78.9 Å². The fraction of sp³-hybridized carbons (Fsp3) is 0.286. The first-order chi connectivity index (χ1) is 14.6. The highest BCUT2D eigenvalue weighted by Gasteiger charge is 2.40. The van der Waals surface area contributed by atoms with Crippen LogP contribution in [0.1, 0.15) is 35.4 Å². The fourth-order valence-electron chi connectivity index (χ4n) is 5.25. The lowest BCUT2D eigenvalue weighted by Crippen LogP contribution is -2.41. The van der Waals surface area contributed by atoms with Crippen LogP contribution < -0.4 is 0 Å². The van der Waals surface area contributed by atoms with Gasteiger partial charge in [-0.15, -0.1) is 0 Å². The van der Waals surface area contributed by atoms with E-state index in [4.69, 9.17) is 0 Å². The zero-order valence-electron chi connectivity index (χ0n) is 17.5. The Morgan fingerprint density at radius 2 is 1.47 bits per heavy atom. The van der Waals surface area contributed by atoms with Crippen LogP contribution in [0, 0.1) is 11.8 Å². The summed E-state index contributed by atoms with van der Waals surface area (Å²) >= 11 is 0. The van der Waals surface area contributed by atoms with Crippen LogP contribution in [0.5, 0.6) is 0 Å². The van der Waals surface area contributed by atoms with Gasteiger partial charge in [0.2, 0.25) is 0 Å². The summed E-state index contributed by atoms with van der Waals surface area (Å²) in [5, 5.41) is 11.6. The number of hydrogen-bond acceptors (Lipinski definition) is 1. The lowest BCUT2D eigenvalue weighted by Gasteiger charge is -2.27. The topological polar surface area (TPSA) is 20.2 Å². The minimum Gasteiger partial charge on any atom is -0.379 e. The zero-order valence-corrected chi connectivity index (χ0v) is 17.5. The van der Waals surface area contributed by atoms with Crippen LogP contribution in [-0.2, 0) is 5.60 Å². The number of hydrogen-bond donors (Lipinski definition) is 1. The smallest absolute Gasteiger partial charge is 0.140 e. The summed E-state index contributed by atoms with van der Waals surface area (Å²) in [6.07, 6.45) is 1.65. The molecule has 0 radical (unpaired) electrons. The predicted octanol–water partition coefficient (Wildman–Crippen LogP) is 4.93. The Morgan fingerprint density at radius 3 is 2.13 bits per heavy atom. The third-order valence-corrected chi connectivity index (χ3v) is 6.91. The summed E-state index contributed by atoms with van der Waals surface area (Å²) < 4.78 is 0.984. The monoisotopic (exact) mass is 394 g/mol. The molecule has 1 aliphatic heterocycles. The van der Waals surface area contributed by atoms with E-state index in [1.165, 1.54) is 12.0 Å². The molecule has 2 nitrogen and oxygen atoms in total. The van der Waals surface area contributed by atoms with E-state index in [9.17, 15) is 5.11 Å². The van der Waals surface area contributed by atoms with Gasteiger partial charge in [-0.2, -0.15) is 0 Å². The third kappa shape index (κ3) is 3.25. The van der Waals surface area contributed by atoms with E-state index in [1.807, 2.05) is 36.4 Å². The van der Waals surface area contributed by atoms with E-state index in [-0.39, 0.29) is 0 Å². The molecule has 30 heavy (non-hydrogen) atoms. The minimum absolute atomic E-state index is 0.434. The summed E-state index contributed by atoms with van der Waals surface area (Å²) in [6.45, 7) is 3.13. The number of fused-ring (bicyclic) bond motifs is 3. The quantitative estimate of drug-likeness (QED) is 0.493. The van der Waals surface area contributed by atoms with Crippen LogP contribution in [0.25, 0.3) is 11.1 Å². The van der Waals surface area contributed by atoms with Crippen molar-refractivity contribution in [3.8, 4) is 23.0 Å². The van der Waals surface area contributed by atoms with Gasteiger partial charge in [-0.05, 0) is 33.7 Å². The highest BCUT2D eigenvalue weighted by atomic mass is 16.3. The molecule has 0 spiro atoms.